The summed E-state index contributed by atoms with van der Waals surface area (Å²) in [6.07, 6.45) is 0.924. The molecule has 1 atom stereocenters. The summed E-state index contributed by atoms with van der Waals surface area (Å²) >= 11 is 0. The lowest BCUT2D eigenvalue weighted by atomic mass is 10.2. The van der Waals surface area contributed by atoms with Crippen molar-refractivity contribution >= 4 is 15.7 Å². The maximum absolute atomic E-state index is 11.9. The van der Waals surface area contributed by atoms with E-state index in [2.05, 4.69) is 15.5 Å². The molecule has 1 aromatic carbocycles. The number of ether oxygens (including phenoxy) is 1. The van der Waals surface area contributed by atoms with E-state index in [1.807, 2.05) is 18.2 Å². The molecule has 134 valence electrons. The fourth-order valence-electron chi connectivity index (χ4n) is 2.66. The Kier molecular flexibility index (Phi) is 5.03. The topological polar surface area (TPSA) is 111 Å². The van der Waals surface area contributed by atoms with Gasteiger partial charge in [0, 0.05) is 24.4 Å². The second kappa shape index (κ2) is 7.22. The second-order valence-electron chi connectivity index (χ2n) is 5.90. The van der Waals surface area contributed by atoms with E-state index in [9.17, 15) is 13.2 Å². The molecule has 0 aliphatic carbocycles. The number of sulfone groups is 1. The molecule has 9 heteroatoms. The molecule has 0 radical (unpaired) electrons. The van der Waals surface area contributed by atoms with Crippen LogP contribution in [0.3, 0.4) is 0 Å². The van der Waals surface area contributed by atoms with Crippen molar-refractivity contribution in [2.45, 2.75) is 25.3 Å². The molecule has 25 heavy (non-hydrogen) atoms. The molecule has 1 aromatic heterocycles. The van der Waals surface area contributed by atoms with E-state index < -0.39 is 9.84 Å². The Hall–Kier alpha value is -2.42. The number of carbonyl (C=O) groups excluding carboxylic acids is 1. The molecular formula is C16H19N3O5S. The quantitative estimate of drug-likeness (QED) is 0.812. The summed E-state index contributed by atoms with van der Waals surface area (Å²) in [5.41, 5.74) is 0.735. The zero-order valence-corrected chi connectivity index (χ0v) is 14.6. The number of aromatic nitrogens is 2. The number of nitrogens with one attached hydrogen (secondary N) is 1. The van der Waals surface area contributed by atoms with E-state index in [-0.39, 0.29) is 29.9 Å². The van der Waals surface area contributed by atoms with Crippen molar-refractivity contribution in [3.05, 3.63) is 30.2 Å². The number of carbonyl (C=O) groups is 1. The highest BCUT2D eigenvalue weighted by Crippen LogP contribution is 2.22. The fraction of sp³-hybridized carbons (Fsp3) is 0.438. The maximum atomic E-state index is 11.9. The first-order chi connectivity index (χ1) is 11.9. The molecule has 1 amide bonds. The third kappa shape index (κ3) is 4.56. The molecule has 8 nitrogen and oxygen atoms in total. The Bertz CT molecular complexity index is 862. The van der Waals surface area contributed by atoms with Crippen LogP contribution in [0.15, 0.2) is 28.7 Å². The van der Waals surface area contributed by atoms with Crippen LogP contribution in [-0.2, 0) is 21.1 Å². The van der Waals surface area contributed by atoms with E-state index >= 15 is 0 Å². The highest BCUT2D eigenvalue weighted by molar-refractivity contribution is 7.91. The molecule has 2 heterocycles. The van der Waals surface area contributed by atoms with Crippen molar-refractivity contribution < 1.29 is 22.4 Å². The molecular weight excluding hydrogens is 346 g/mol. The van der Waals surface area contributed by atoms with Crippen molar-refractivity contribution in [1.29, 1.82) is 0 Å². The maximum Gasteiger partial charge on any atom is 0.247 e. The Morgan fingerprint density at radius 3 is 2.96 bits per heavy atom. The van der Waals surface area contributed by atoms with Gasteiger partial charge in [-0.1, -0.05) is 6.07 Å². The monoisotopic (exact) mass is 365 g/mol. The van der Waals surface area contributed by atoms with Crippen molar-refractivity contribution in [3.63, 3.8) is 0 Å². The van der Waals surface area contributed by atoms with Gasteiger partial charge in [0.25, 0.3) is 0 Å². The van der Waals surface area contributed by atoms with Crippen LogP contribution in [-0.4, -0.2) is 49.2 Å². The minimum Gasteiger partial charge on any atom is -0.497 e. The number of aryl methyl sites for hydroxylation is 1. The molecule has 1 fully saturated rings. The number of hydrogen-bond acceptors (Lipinski definition) is 7. The lowest BCUT2D eigenvalue weighted by molar-refractivity contribution is -0.121. The van der Waals surface area contributed by atoms with Gasteiger partial charge in [-0.2, -0.15) is 0 Å². The van der Waals surface area contributed by atoms with Gasteiger partial charge < -0.3 is 14.5 Å². The molecule has 1 saturated heterocycles. The number of rotatable bonds is 6. The van der Waals surface area contributed by atoms with Crippen LogP contribution in [0.25, 0.3) is 11.5 Å². The molecule has 1 unspecified atom stereocenters. The predicted octanol–water partition coefficient (Wildman–Crippen LogP) is 0.981. The molecule has 0 saturated carbocycles. The van der Waals surface area contributed by atoms with Crippen molar-refractivity contribution in [2.75, 3.05) is 18.6 Å². The van der Waals surface area contributed by atoms with Gasteiger partial charge in [-0.05, 0) is 24.6 Å². The normalized spacial score (nSPS) is 18.8. The molecule has 1 N–H and O–H groups in total. The number of benzene rings is 1. The Balaban J connectivity index is 1.54. The van der Waals surface area contributed by atoms with Crippen LogP contribution in [0.1, 0.15) is 18.7 Å². The van der Waals surface area contributed by atoms with E-state index in [0.717, 1.165) is 5.56 Å². The molecule has 2 aromatic rings. The summed E-state index contributed by atoms with van der Waals surface area (Å²) < 4.78 is 33.5. The second-order valence-corrected chi connectivity index (χ2v) is 8.13. The SMILES string of the molecule is COc1cccc(-c2nnc(CCC(=O)NC3CCS(=O)(=O)C3)o2)c1. The van der Waals surface area contributed by atoms with Gasteiger partial charge >= 0.3 is 0 Å². The minimum absolute atomic E-state index is 0.0132. The third-order valence-corrected chi connectivity index (χ3v) is 5.71. The van der Waals surface area contributed by atoms with Crippen LogP contribution in [0, 0.1) is 0 Å². The molecule has 0 bridgehead atoms. The Labute approximate surface area is 145 Å². The standard InChI is InChI=1S/C16H19N3O5S/c1-23-13-4-2-3-11(9-13)16-19-18-15(24-16)6-5-14(20)17-12-7-8-25(21,22)10-12/h2-4,9,12H,5-8,10H2,1H3,(H,17,20). The summed E-state index contributed by atoms with van der Waals surface area (Å²) in [6.45, 7) is 0. The Morgan fingerprint density at radius 2 is 2.24 bits per heavy atom. The van der Waals surface area contributed by atoms with Crippen LogP contribution in [0.2, 0.25) is 0 Å². The average Bonchev–Trinajstić information content (AvgIpc) is 3.19. The van der Waals surface area contributed by atoms with E-state index in [0.29, 0.717) is 30.4 Å². The number of methoxy groups -OCH3 is 1. The Morgan fingerprint density at radius 1 is 1.40 bits per heavy atom. The smallest absolute Gasteiger partial charge is 0.247 e. The largest absolute Gasteiger partial charge is 0.497 e. The van der Waals surface area contributed by atoms with Gasteiger partial charge in [0.15, 0.2) is 9.84 Å². The molecule has 1 aliphatic heterocycles. The van der Waals surface area contributed by atoms with Gasteiger partial charge in [-0.25, -0.2) is 8.42 Å². The summed E-state index contributed by atoms with van der Waals surface area (Å²) in [5.74, 6) is 1.32. The van der Waals surface area contributed by atoms with Gasteiger partial charge in [0.2, 0.25) is 17.7 Å². The highest BCUT2D eigenvalue weighted by atomic mass is 32.2. The zero-order chi connectivity index (χ0) is 17.9. The molecule has 3 rings (SSSR count). The number of amides is 1. The summed E-state index contributed by atoms with van der Waals surface area (Å²) in [7, 11) is -1.43. The van der Waals surface area contributed by atoms with E-state index in [1.54, 1.807) is 13.2 Å². The first-order valence-corrected chi connectivity index (χ1v) is 9.74. The van der Waals surface area contributed by atoms with Crippen LogP contribution in [0.4, 0.5) is 0 Å². The minimum atomic E-state index is -3.01. The van der Waals surface area contributed by atoms with Gasteiger partial charge in [0.1, 0.15) is 5.75 Å². The van der Waals surface area contributed by atoms with Crippen LogP contribution in [0.5, 0.6) is 5.75 Å². The van der Waals surface area contributed by atoms with E-state index in [1.165, 1.54) is 0 Å². The van der Waals surface area contributed by atoms with Crippen molar-refractivity contribution in [1.82, 2.24) is 15.5 Å². The number of nitrogens with zero attached hydrogens (tertiary/aromatic N) is 2. The first-order valence-electron chi connectivity index (χ1n) is 7.92. The summed E-state index contributed by atoms with van der Waals surface area (Å²) in [6, 6.07) is 6.94. The van der Waals surface area contributed by atoms with Crippen LogP contribution < -0.4 is 10.1 Å². The van der Waals surface area contributed by atoms with Crippen molar-refractivity contribution in [2.24, 2.45) is 0 Å². The first kappa shape index (κ1) is 17.4. The molecule has 1 aliphatic rings. The predicted molar refractivity (Wildman–Crippen MR) is 89.8 cm³/mol. The van der Waals surface area contributed by atoms with Gasteiger partial charge in [-0.15, -0.1) is 10.2 Å². The molecule has 0 spiro atoms. The van der Waals surface area contributed by atoms with Gasteiger partial charge in [-0.3, -0.25) is 4.79 Å². The fourth-order valence-corrected chi connectivity index (χ4v) is 4.33. The van der Waals surface area contributed by atoms with E-state index in [4.69, 9.17) is 9.15 Å². The number of hydrogen-bond donors (Lipinski definition) is 1. The van der Waals surface area contributed by atoms with Crippen LogP contribution >= 0.6 is 0 Å². The highest BCUT2D eigenvalue weighted by Gasteiger charge is 2.28. The van der Waals surface area contributed by atoms with Gasteiger partial charge in [0.05, 0.1) is 18.6 Å². The van der Waals surface area contributed by atoms with Crippen molar-refractivity contribution in [3.8, 4) is 17.2 Å². The summed E-state index contributed by atoms with van der Waals surface area (Å²) in [5, 5.41) is 10.7. The average molecular weight is 365 g/mol. The lowest BCUT2D eigenvalue weighted by Crippen LogP contribution is -2.35. The third-order valence-electron chi connectivity index (χ3n) is 3.95. The summed E-state index contributed by atoms with van der Waals surface area (Å²) in [4.78, 5) is 11.9. The zero-order valence-electron chi connectivity index (χ0n) is 13.8. The lowest BCUT2D eigenvalue weighted by Gasteiger charge is -2.09.